The number of para-hydroxylation sites is 1. The average molecular weight is 336 g/mol. The van der Waals surface area contributed by atoms with E-state index in [2.05, 4.69) is 10.6 Å². The lowest BCUT2D eigenvalue weighted by molar-refractivity contribution is 0.252. The lowest BCUT2D eigenvalue weighted by atomic mass is 10.1. The molecule has 0 heterocycles. The van der Waals surface area contributed by atoms with Gasteiger partial charge in [0, 0.05) is 17.3 Å². The van der Waals surface area contributed by atoms with Crippen molar-refractivity contribution in [1.29, 1.82) is 0 Å². The molecule has 0 aromatic heterocycles. The number of fused-ring (bicyclic) bond motifs is 1. The van der Waals surface area contributed by atoms with Gasteiger partial charge in [-0.25, -0.2) is 4.79 Å². The fourth-order valence-corrected chi connectivity index (χ4v) is 2.79. The molecular weight excluding hydrogens is 316 g/mol. The number of anilines is 1. The zero-order valence-corrected chi connectivity index (χ0v) is 14.0. The number of urea groups is 1. The topological polar surface area (TPSA) is 70.6 Å². The van der Waals surface area contributed by atoms with Crippen LogP contribution in [0, 0.1) is 0 Å². The number of hydrogen-bond donors (Lipinski definition) is 3. The Morgan fingerprint density at radius 3 is 2.60 bits per heavy atom. The standard InChI is InChI=1S/C20H20N2O3/c1-25-19-11-3-2-6-14(19)12-13-21-20(24)22-17-9-4-8-16-15(17)7-5-10-18(16)23/h2-11,23H,12-13H2,1H3,(H2,21,22,24). The molecule has 3 N–H and O–H groups in total. The normalized spacial score (nSPS) is 10.4. The molecule has 3 aromatic carbocycles. The highest BCUT2D eigenvalue weighted by molar-refractivity contribution is 6.03. The molecule has 0 aliphatic carbocycles. The van der Waals surface area contributed by atoms with Gasteiger partial charge in [0.15, 0.2) is 0 Å². The number of ether oxygens (including phenoxy) is 1. The molecule has 0 unspecified atom stereocenters. The van der Waals surface area contributed by atoms with Crippen LogP contribution in [0.4, 0.5) is 10.5 Å². The number of amides is 2. The van der Waals surface area contributed by atoms with Gasteiger partial charge in [-0.3, -0.25) is 0 Å². The summed E-state index contributed by atoms with van der Waals surface area (Å²) < 4.78 is 5.31. The number of methoxy groups -OCH3 is 1. The Morgan fingerprint density at radius 2 is 1.76 bits per heavy atom. The van der Waals surface area contributed by atoms with Crippen LogP contribution in [-0.4, -0.2) is 24.8 Å². The largest absolute Gasteiger partial charge is 0.507 e. The zero-order chi connectivity index (χ0) is 17.6. The molecule has 2 amide bonds. The minimum Gasteiger partial charge on any atom is -0.507 e. The first-order valence-corrected chi connectivity index (χ1v) is 8.06. The van der Waals surface area contributed by atoms with Gasteiger partial charge < -0.3 is 20.5 Å². The highest BCUT2D eigenvalue weighted by Crippen LogP contribution is 2.29. The number of benzene rings is 3. The van der Waals surface area contributed by atoms with Crippen LogP contribution in [0.15, 0.2) is 60.7 Å². The SMILES string of the molecule is COc1ccccc1CCNC(=O)Nc1cccc2c(O)cccc12. The van der Waals surface area contributed by atoms with Gasteiger partial charge in [0.1, 0.15) is 11.5 Å². The maximum Gasteiger partial charge on any atom is 0.319 e. The first-order valence-electron chi connectivity index (χ1n) is 8.06. The maximum atomic E-state index is 12.2. The Morgan fingerprint density at radius 1 is 1.00 bits per heavy atom. The Kier molecular flexibility index (Phi) is 5.04. The summed E-state index contributed by atoms with van der Waals surface area (Å²) in [5.41, 5.74) is 1.70. The van der Waals surface area contributed by atoms with Crippen molar-refractivity contribution in [3.63, 3.8) is 0 Å². The predicted molar refractivity (Wildman–Crippen MR) is 99.3 cm³/mol. The first-order chi connectivity index (χ1) is 12.2. The van der Waals surface area contributed by atoms with E-state index in [1.807, 2.05) is 42.5 Å². The van der Waals surface area contributed by atoms with Crippen molar-refractivity contribution in [1.82, 2.24) is 5.32 Å². The van der Waals surface area contributed by atoms with Crippen molar-refractivity contribution in [2.45, 2.75) is 6.42 Å². The second-order valence-corrected chi connectivity index (χ2v) is 5.62. The third-order valence-corrected chi connectivity index (χ3v) is 4.02. The number of carbonyl (C=O) groups excluding carboxylic acids is 1. The van der Waals surface area contributed by atoms with Gasteiger partial charge in [0.2, 0.25) is 0 Å². The van der Waals surface area contributed by atoms with E-state index in [0.717, 1.165) is 16.7 Å². The molecule has 3 rings (SSSR count). The molecule has 0 fully saturated rings. The van der Waals surface area contributed by atoms with E-state index in [9.17, 15) is 9.90 Å². The number of phenolic OH excluding ortho intramolecular Hbond substituents is 1. The second-order valence-electron chi connectivity index (χ2n) is 5.62. The van der Waals surface area contributed by atoms with Gasteiger partial charge in [0.25, 0.3) is 0 Å². The highest BCUT2D eigenvalue weighted by Gasteiger charge is 2.08. The van der Waals surface area contributed by atoms with Crippen LogP contribution in [0.1, 0.15) is 5.56 Å². The molecule has 3 aromatic rings. The summed E-state index contributed by atoms with van der Waals surface area (Å²) in [7, 11) is 1.63. The number of nitrogens with one attached hydrogen (secondary N) is 2. The van der Waals surface area contributed by atoms with Crippen LogP contribution < -0.4 is 15.4 Å². The first kappa shape index (κ1) is 16.6. The van der Waals surface area contributed by atoms with Gasteiger partial charge in [-0.15, -0.1) is 0 Å². The van der Waals surface area contributed by atoms with E-state index in [0.29, 0.717) is 24.0 Å². The number of hydrogen-bond acceptors (Lipinski definition) is 3. The summed E-state index contributed by atoms with van der Waals surface area (Å²) in [6, 6.07) is 18.1. The van der Waals surface area contributed by atoms with Crippen molar-refractivity contribution in [3.8, 4) is 11.5 Å². The smallest absolute Gasteiger partial charge is 0.319 e. The molecule has 0 aliphatic heterocycles. The van der Waals surface area contributed by atoms with Crippen LogP contribution >= 0.6 is 0 Å². The maximum absolute atomic E-state index is 12.2. The van der Waals surface area contributed by atoms with Gasteiger partial charge in [-0.05, 0) is 30.2 Å². The fraction of sp³-hybridized carbons (Fsp3) is 0.150. The fourth-order valence-electron chi connectivity index (χ4n) is 2.79. The van der Waals surface area contributed by atoms with E-state index in [1.165, 1.54) is 0 Å². The molecule has 5 heteroatoms. The molecule has 25 heavy (non-hydrogen) atoms. The van der Waals surface area contributed by atoms with Crippen LogP contribution in [0.25, 0.3) is 10.8 Å². The van der Waals surface area contributed by atoms with Crippen molar-refractivity contribution in [3.05, 3.63) is 66.2 Å². The van der Waals surface area contributed by atoms with Gasteiger partial charge in [-0.2, -0.15) is 0 Å². The number of rotatable bonds is 5. The van der Waals surface area contributed by atoms with E-state index < -0.39 is 0 Å². The van der Waals surface area contributed by atoms with Crippen LogP contribution in [0.2, 0.25) is 0 Å². The van der Waals surface area contributed by atoms with Crippen LogP contribution in [0.5, 0.6) is 11.5 Å². The number of carbonyl (C=O) groups is 1. The summed E-state index contributed by atoms with van der Waals surface area (Å²) in [5, 5.41) is 17.1. The second kappa shape index (κ2) is 7.57. The molecule has 5 nitrogen and oxygen atoms in total. The van der Waals surface area contributed by atoms with E-state index in [4.69, 9.17) is 4.74 Å². The summed E-state index contributed by atoms with van der Waals surface area (Å²) >= 11 is 0. The number of aromatic hydroxyl groups is 1. The molecule has 0 saturated carbocycles. The van der Waals surface area contributed by atoms with E-state index in [1.54, 1.807) is 25.3 Å². The lowest BCUT2D eigenvalue weighted by Crippen LogP contribution is -2.30. The zero-order valence-electron chi connectivity index (χ0n) is 14.0. The molecule has 128 valence electrons. The summed E-state index contributed by atoms with van der Waals surface area (Å²) in [6.07, 6.45) is 0.674. The van der Waals surface area contributed by atoms with Crippen LogP contribution in [0.3, 0.4) is 0 Å². The minimum absolute atomic E-state index is 0.192. The summed E-state index contributed by atoms with van der Waals surface area (Å²) in [5.74, 6) is 1.01. The van der Waals surface area contributed by atoms with Crippen molar-refractivity contribution >= 4 is 22.5 Å². The minimum atomic E-state index is -0.286. The highest BCUT2D eigenvalue weighted by atomic mass is 16.5. The van der Waals surface area contributed by atoms with Crippen molar-refractivity contribution < 1.29 is 14.6 Å². The monoisotopic (exact) mass is 336 g/mol. The van der Waals surface area contributed by atoms with Crippen molar-refractivity contribution in [2.24, 2.45) is 0 Å². The Balaban J connectivity index is 1.63. The predicted octanol–water partition coefficient (Wildman–Crippen LogP) is 3.92. The Labute approximate surface area is 146 Å². The molecule has 0 saturated heterocycles. The lowest BCUT2D eigenvalue weighted by Gasteiger charge is -2.12. The average Bonchev–Trinajstić information content (AvgIpc) is 2.63. The van der Waals surface area contributed by atoms with E-state index in [-0.39, 0.29) is 11.8 Å². The molecular formula is C20H20N2O3. The summed E-state index contributed by atoms with van der Waals surface area (Å²) in [4.78, 5) is 12.2. The molecule has 0 radical (unpaired) electrons. The third-order valence-electron chi connectivity index (χ3n) is 4.02. The quantitative estimate of drug-likeness (QED) is 0.661. The van der Waals surface area contributed by atoms with Gasteiger partial charge in [0.05, 0.1) is 12.8 Å². The molecule has 0 spiro atoms. The molecule has 0 atom stereocenters. The Hall–Kier alpha value is -3.21. The molecule has 0 aliphatic rings. The van der Waals surface area contributed by atoms with Crippen molar-refractivity contribution in [2.75, 3.05) is 19.0 Å². The van der Waals surface area contributed by atoms with Crippen LogP contribution in [-0.2, 0) is 6.42 Å². The molecule has 0 bridgehead atoms. The summed E-state index contributed by atoms with van der Waals surface area (Å²) in [6.45, 7) is 0.488. The van der Waals surface area contributed by atoms with Gasteiger partial charge in [-0.1, -0.05) is 42.5 Å². The number of phenols is 1. The van der Waals surface area contributed by atoms with E-state index >= 15 is 0 Å². The van der Waals surface area contributed by atoms with Gasteiger partial charge >= 0.3 is 6.03 Å². The third kappa shape index (κ3) is 3.83. The Bertz CT molecular complexity index is 893.